The summed E-state index contributed by atoms with van der Waals surface area (Å²) in [5.41, 5.74) is 2.53. The van der Waals surface area contributed by atoms with Crippen LogP contribution in [0.25, 0.3) is 0 Å². The Balaban J connectivity index is 1.76. The van der Waals surface area contributed by atoms with Crippen LogP contribution in [0, 0.1) is 6.92 Å². The Labute approximate surface area is 90.0 Å². The summed E-state index contributed by atoms with van der Waals surface area (Å²) in [4.78, 5) is 2.62. The number of nitrogens with zero attached hydrogens (tertiary/aromatic N) is 2. The fourth-order valence-corrected chi connectivity index (χ4v) is 2.86. The van der Waals surface area contributed by atoms with Gasteiger partial charge in [0.2, 0.25) is 0 Å². The number of rotatable bonds is 1. The van der Waals surface area contributed by atoms with E-state index in [0.717, 1.165) is 19.1 Å². The van der Waals surface area contributed by atoms with Crippen molar-refractivity contribution in [1.29, 1.82) is 0 Å². The van der Waals surface area contributed by atoms with Gasteiger partial charge in [0.15, 0.2) is 0 Å². The Morgan fingerprint density at radius 1 is 1.53 bits per heavy atom. The van der Waals surface area contributed by atoms with Crippen LogP contribution < -0.4 is 5.32 Å². The standard InChI is InChI=1S/C11H18N4/c1-8-10(6-13-14-8)11-7-15-4-2-3-9(15)5-12-11/h6,9,11-12H,2-5,7H2,1H3,(H,13,14). The lowest BCUT2D eigenvalue weighted by Gasteiger charge is -2.35. The minimum Gasteiger partial charge on any atom is -0.307 e. The van der Waals surface area contributed by atoms with Gasteiger partial charge in [-0.05, 0) is 26.3 Å². The van der Waals surface area contributed by atoms with Crippen LogP contribution in [-0.4, -0.2) is 40.8 Å². The molecule has 2 aliphatic rings. The van der Waals surface area contributed by atoms with Crippen molar-refractivity contribution < 1.29 is 0 Å². The molecule has 0 aliphatic carbocycles. The molecule has 0 radical (unpaired) electrons. The molecule has 3 heterocycles. The monoisotopic (exact) mass is 206 g/mol. The molecule has 0 amide bonds. The molecule has 2 aliphatic heterocycles. The van der Waals surface area contributed by atoms with Crippen LogP contribution in [0.1, 0.15) is 30.1 Å². The summed E-state index contributed by atoms with van der Waals surface area (Å²) in [5, 5.41) is 10.7. The normalized spacial score (nSPS) is 31.8. The molecule has 2 N–H and O–H groups in total. The predicted molar refractivity (Wildman–Crippen MR) is 58.7 cm³/mol. The van der Waals surface area contributed by atoms with Crippen molar-refractivity contribution in [2.75, 3.05) is 19.6 Å². The van der Waals surface area contributed by atoms with E-state index >= 15 is 0 Å². The third-order valence-electron chi connectivity index (χ3n) is 3.76. The first-order valence-corrected chi connectivity index (χ1v) is 5.82. The zero-order valence-electron chi connectivity index (χ0n) is 9.16. The predicted octanol–water partition coefficient (Wildman–Crippen LogP) is 0.827. The maximum Gasteiger partial charge on any atom is 0.0538 e. The summed E-state index contributed by atoms with van der Waals surface area (Å²) in [6, 6.07) is 1.26. The lowest BCUT2D eigenvalue weighted by atomic mass is 10.0. The van der Waals surface area contributed by atoms with Crippen molar-refractivity contribution in [3.05, 3.63) is 17.5 Å². The lowest BCUT2D eigenvalue weighted by molar-refractivity contribution is 0.173. The van der Waals surface area contributed by atoms with Crippen molar-refractivity contribution >= 4 is 0 Å². The summed E-state index contributed by atoms with van der Waals surface area (Å²) in [6.07, 6.45) is 4.69. The molecule has 4 nitrogen and oxygen atoms in total. The maximum atomic E-state index is 4.10. The average molecular weight is 206 g/mol. The molecule has 4 heteroatoms. The van der Waals surface area contributed by atoms with Crippen molar-refractivity contribution in [3.63, 3.8) is 0 Å². The van der Waals surface area contributed by atoms with Crippen molar-refractivity contribution in [2.45, 2.75) is 31.8 Å². The molecule has 15 heavy (non-hydrogen) atoms. The van der Waals surface area contributed by atoms with Gasteiger partial charge in [0.1, 0.15) is 0 Å². The lowest BCUT2D eigenvalue weighted by Crippen LogP contribution is -2.49. The molecule has 82 valence electrons. The number of aromatic amines is 1. The van der Waals surface area contributed by atoms with Crippen LogP contribution in [-0.2, 0) is 0 Å². The number of nitrogens with one attached hydrogen (secondary N) is 2. The van der Waals surface area contributed by atoms with Crippen molar-refractivity contribution in [3.8, 4) is 0 Å². The van der Waals surface area contributed by atoms with E-state index in [1.807, 2.05) is 6.20 Å². The number of aryl methyl sites for hydroxylation is 1. The highest BCUT2D eigenvalue weighted by Crippen LogP contribution is 2.26. The second-order valence-electron chi connectivity index (χ2n) is 4.70. The SMILES string of the molecule is Cc1[nH]ncc1C1CN2CCCC2CN1. The maximum absolute atomic E-state index is 4.10. The van der Waals surface area contributed by atoms with E-state index in [-0.39, 0.29) is 0 Å². The number of fused-ring (bicyclic) bond motifs is 1. The zero-order chi connectivity index (χ0) is 10.3. The highest BCUT2D eigenvalue weighted by atomic mass is 15.2. The fourth-order valence-electron chi connectivity index (χ4n) is 2.86. The first-order valence-electron chi connectivity index (χ1n) is 5.82. The third kappa shape index (κ3) is 1.58. The topological polar surface area (TPSA) is 44.0 Å². The average Bonchev–Trinajstić information content (AvgIpc) is 2.84. The van der Waals surface area contributed by atoms with Gasteiger partial charge < -0.3 is 5.32 Å². The number of hydrogen-bond acceptors (Lipinski definition) is 3. The molecule has 0 aromatic carbocycles. The van der Waals surface area contributed by atoms with Gasteiger partial charge >= 0.3 is 0 Å². The van der Waals surface area contributed by atoms with Gasteiger partial charge in [-0.1, -0.05) is 0 Å². The molecule has 3 rings (SSSR count). The quantitative estimate of drug-likeness (QED) is 0.715. The summed E-state index contributed by atoms with van der Waals surface area (Å²) in [5.74, 6) is 0. The molecule has 1 aromatic rings. The van der Waals surface area contributed by atoms with E-state index in [4.69, 9.17) is 0 Å². The summed E-state index contributed by atoms with van der Waals surface area (Å²) >= 11 is 0. The molecule has 2 unspecified atom stereocenters. The number of hydrogen-bond donors (Lipinski definition) is 2. The molecular formula is C11H18N4. The van der Waals surface area contributed by atoms with Gasteiger partial charge in [-0.15, -0.1) is 0 Å². The van der Waals surface area contributed by atoms with Gasteiger partial charge in [-0.2, -0.15) is 5.10 Å². The van der Waals surface area contributed by atoms with Crippen LogP contribution in [0.5, 0.6) is 0 Å². The zero-order valence-corrected chi connectivity index (χ0v) is 9.16. The first kappa shape index (κ1) is 9.36. The molecule has 2 atom stereocenters. The van der Waals surface area contributed by atoms with Crippen LogP contribution in [0.15, 0.2) is 6.20 Å². The second kappa shape index (κ2) is 3.61. The summed E-state index contributed by atoms with van der Waals surface area (Å²) in [6.45, 7) is 5.65. The summed E-state index contributed by atoms with van der Waals surface area (Å²) in [7, 11) is 0. The second-order valence-corrected chi connectivity index (χ2v) is 4.70. The molecule has 0 spiro atoms. The van der Waals surface area contributed by atoms with E-state index in [2.05, 4.69) is 27.3 Å². The first-order chi connectivity index (χ1) is 7.34. The Morgan fingerprint density at radius 3 is 3.27 bits per heavy atom. The van der Waals surface area contributed by atoms with Crippen LogP contribution >= 0.6 is 0 Å². The van der Waals surface area contributed by atoms with Gasteiger partial charge in [0, 0.05) is 36.4 Å². The van der Waals surface area contributed by atoms with Gasteiger partial charge in [0.05, 0.1) is 6.20 Å². The Kier molecular flexibility index (Phi) is 2.25. The molecule has 2 fully saturated rings. The minimum absolute atomic E-state index is 0.470. The molecule has 0 bridgehead atoms. The van der Waals surface area contributed by atoms with Gasteiger partial charge in [0.25, 0.3) is 0 Å². The number of aromatic nitrogens is 2. The molecule has 0 saturated carbocycles. The number of piperazine rings is 1. The largest absolute Gasteiger partial charge is 0.307 e. The molecule has 1 aromatic heterocycles. The smallest absolute Gasteiger partial charge is 0.0538 e. The Hall–Kier alpha value is -0.870. The Morgan fingerprint density at radius 2 is 2.47 bits per heavy atom. The van der Waals surface area contributed by atoms with Crippen LogP contribution in [0.3, 0.4) is 0 Å². The van der Waals surface area contributed by atoms with Gasteiger partial charge in [-0.3, -0.25) is 10.00 Å². The fraction of sp³-hybridized carbons (Fsp3) is 0.727. The minimum atomic E-state index is 0.470. The van der Waals surface area contributed by atoms with E-state index in [1.54, 1.807) is 0 Å². The summed E-state index contributed by atoms with van der Waals surface area (Å²) < 4.78 is 0. The van der Waals surface area contributed by atoms with E-state index < -0.39 is 0 Å². The molecular weight excluding hydrogens is 188 g/mol. The molecule has 2 saturated heterocycles. The van der Waals surface area contributed by atoms with E-state index in [9.17, 15) is 0 Å². The van der Waals surface area contributed by atoms with Gasteiger partial charge in [-0.25, -0.2) is 0 Å². The van der Waals surface area contributed by atoms with Crippen LogP contribution in [0.2, 0.25) is 0 Å². The third-order valence-corrected chi connectivity index (χ3v) is 3.76. The van der Waals surface area contributed by atoms with Crippen LogP contribution in [0.4, 0.5) is 0 Å². The van der Waals surface area contributed by atoms with E-state index in [1.165, 1.54) is 30.6 Å². The highest BCUT2D eigenvalue weighted by Gasteiger charge is 2.32. The number of H-pyrrole nitrogens is 1. The van der Waals surface area contributed by atoms with Crippen molar-refractivity contribution in [1.82, 2.24) is 20.4 Å². The highest BCUT2D eigenvalue weighted by molar-refractivity contribution is 5.20. The van der Waals surface area contributed by atoms with E-state index in [0.29, 0.717) is 6.04 Å². The van der Waals surface area contributed by atoms with Crippen molar-refractivity contribution in [2.24, 2.45) is 0 Å². The Bertz CT molecular complexity index is 346.